The maximum atomic E-state index is 13.5. The molecular weight excluding hydrogens is 339 g/mol. The molecule has 104 valence electrons. The number of rotatable bonds is 1. The van der Waals surface area contributed by atoms with Crippen LogP contribution >= 0.6 is 28.1 Å². The average Bonchev–Trinajstić information content (AvgIpc) is 2.63. The zero-order valence-corrected chi connectivity index (χ0v) is 13.3. The highest BCUT2D eigenvalue weighted by molar-refractivity contribution is 9.10. The molecule has 5 heteroatoms. The largest absolute Gasteiger partial charge is 0.343 e. The average molecular weight is 353 g/mol. The Morgan fingerprint density at radius 1 is 1.15 bits per heavy atom. The summed E-state index contributed by atoms with van der Waals surface area (Å²) < 4.78 is 14.9. The summed E-state index contributed by atoms with van der Waals surface area (Å²) in [6.45, 7) is 0. The van der Waals surface area contributed by atoms with Gasteiger partial charge < -0.3 is 4.98 Å². The predicted octanol–water partition coefficient (Wildman–Crippen LogP) is 4.98. The van der Waals surface area contributed by atoms with Gasteiger partial charge >= 0.3 is 0 Å². The van der Waals surface area contributed by atoms with Crippen LogP contribution in [0.5, 0.6) is 0 Å². The van der Waals surface area contributed by atoms with Gasteiger partial charge in [-0.15, -0.1) is 0 Å². The molecule has 0 aliphatic heterocycles. The summed E-state index contributed by atoms with van der Waals surface area (Å²) in [6, 6.07) is 4.75. The maximum absolute atomic E-state index is 13.5. The van der Waals surface area contributed by atoms with Crippen LogP contribution in [0.2, 0.25) is 0 Å². The number of nitrogens with zero attached hydrogens (tertiary/aromatic N) is 1. The third-order valence-corrected chi connectivity index (χ3v) is 4.39. The van der Waals surface area contributed by atoms with E-state index in [0.717, 1.165) is 42.5 Å². The molecule has 0 saturated carbocycles. The Hall–Kier alpha value is -1.07. The molecular formula is C15H14BrFN2S. The van der Waals surface area contributed by atoms with Crippen molar-refractivity contribution in [1.29, 1.82) is 0 Å². The maximum Gasteiger partial charge on any atom is 0.139 e. The number of H-pyrrole nitrogens is 1. The molecule has 0 amide bonds. The number of hydrogen-bond acceptors (Lipinski definition) is 2. The Balaban J connectivity index is 2.13. The Bertz CT molecular complexity index is 691. The van der Waals surface area contributed by atoms with Gasteiger partial charge in [-0.1, -0.05) is 34.6 Å². The van der Waals surface area contributed by atoms with Gasteiger partial charge in [0.25, 0.3) is 0 Å². The van der Waals surface area contributed by atoms with Crippen molar-refractivity contribution >= 4 is 28.1 Å². The van der Waals surface area contributed by atoms with E-state index in [4.69, 9.17) is 12.2 Å². The normalized spacial score (nSPS) is 14.7. The van der Waals surface area contributed by atoms with Gasteiger partial charge in [0.2, 0.25) is 0 Å². The smallest absolute Gasteiger partial charge is 0.139 e. The number of hydrogen-bond donors (Lipinski definition) is 1. The van der Waals surface area contributed by atoms with Crippen LogP contribution in [0.15, 0.2) is 22.7 Å². The molecule has 1 heterocycles. The molecule has 20 heavy (non-hydrogen) atoms. The van der Waals surface area contributed by atoms with Crippen LogP contribution in [0.1, 0.15) is 30.5 Å². The Labute approximate surface area is 130 Å². The van der Waals surface area contributed by atoms with E-state index in [1.54, 1.807) is 0 Å². The second-order valence-corrected chi connectivity index (χ2v) is 6.37. The number of fused-ring (bicyclic) bond motifs is 1. The summed E-state index contributed by atoms with van der Waals surface area (Å²) in [7, 11) is 0. The van der Waals surface area contributed by atoms with Gasteiger partial charge in [-0.2, -0.15) is 0 Å². The quantitative estimate of drug-likeness (QED) is 0.579. The zero-order chi connectivity index (χ0) is 14.1. The fraction of sp³-hybridized carbons (Fsp3) is 0.333. The van der Waals surface area contributed by atoms with E-state index < -0.39 is 0 Å². The fourth-order valence-electron chi connectivity index (χ4n) is 2.62. The monoisotopic (exact) mass is 352 g/mol. The molecule has 1 aromatic carbocycles. The number of halogens is 2. The molecule has 0 fully saturated rings. The third kappa shape index (κ3) is 2.83. The van der Waals surface area contributed by atoms with Crippen LogP contribution in [0.3, 0.4) is 0 Å². The van der Waals surface area contributed by atoms with Gasteiger partial charge in [0.15, 0.2) is 0 Å². The molecule has 2 nitrogen and oxygen atoms in total. The van der Waals surface area contributed by atoms with E-state index in [2.05, 4.69) is 25.9 Å². The summed E-state index contributed by atoms with van der Waals surface area (Å²) in [6.07, 6.45) is 5.53. The van der Waals surface area contributed by atoms with Crippen molar-refractivity contribution in [2.24, 2.45) is 0 Å². The van der Waals surface area contributed by atoms with Gasteiger partial charge in [-0.05, 0) is 43.9 Å². The molecule has 1 aliphatic carbocycles. The summed E-state index contributed by atoms with van der Waals surface area (Å²) in [4.78, 5) is 7.80. The number of aromatic amines is 1. The lowest BCUT2D eigenvalue weighted by Crippen LogP contribution is -2.02. The molecule has 1 N–H and O–H groups in total. The first-order valence-electron chi connectivity index (χ1n) is 6.72. The lowest BCUT2D eigenvalue weighted by atomic mass is 10.1. The topological polar surface area (TPSA) is 28.7 Å². The lowest BCUT2D eigenvalue weighted by molar-refractivity contribution is 0.627. The number of aromatic nitrogens is 2. The lowest BCUT2D eigenvalue weighted by Gasteiger charge is -2.10. The molecule has 0 saturated heterocycles. The standard InChI is InChI=1S/C15H14BrFN2S/c16-10-6-9(7-11(17)8-10)14-18-13-5-3-1-2-4-12(13)15(20)19-14/h6-8H,1-5H2,(H,18,19,20). The summed E-state index contributed by atoms with van der Waals surface area (Å²) in [5.74, 6) is 0.362. The SMILES string of the molecule is Fc1cc(Br)cc(-c2nc(=S)c3c([nH]2)CCCCC3)c1. The summed E-state index contributed by atoms with van der Waals surface area (Å²) in [5.41, 5.74) is 3.05. The molecule has 0 unspecified atom stereocenters. The van der Waals surface area contributed by atoms with E-state index in [0.29, 0.717) is 14.9 Å². The van der Waals surface area contributed by atoms with Crippen molar-refractivity contribution in [3.63, 3.8) is 0 Å². The van der Waals surface area contributed by atoms with Gasteiger partial charge in [0.05, 0.1) is 0 Å². The van der Waals surface area contributed by atoms with Crippen molar-refractivity contribution in [3.8, 4) is 11.4 Å². The molecule has 3 rings (SSSR count). The zero-order valence-electron chi connectivity index (χ0n) is 10.9. The van der Waals surface area contributed by atoms with Crippen LogP contribution in [0, 0.1) is 10.5 Å². The van der Waals surface area contributed by atoms with E-state index >= 15 is 0 Å². The third-order valence-electron chi connectivity index (χ3n) is 3.59. The molecule has 2 aromatic rings. The van der Waals surface area contributed by atoms with Crippen molar-refractivity contribution in [1.82, 2.24) is 9.97 Å². The van der Waals surface area contributed by atoms with Gasteiger partial charge in [0, 0.05) is 21.3 Å². The highest BCUT2D eigenvalue weighted by Gasteiger charge is 2.13. The van der Waals surface area contributed by atoms with Crippen molar-refractivity contribution in [2.45, 2.75) is 32.1 Å². The van der Waals surface area contributed by atoms with Crippen LogP contribution in [0.4, 0.5) is 4.39 Å². The molecule has 1 aliphatic rings. The Kier molecular flexibility index (Phi) is 3.98. The molecule has 0 spiro atoms. The Morgan fingerprint density at radius 3 is 2.75 bits per heavy atom. The first kappa shape index (κ1) is 13.9. The highest BCUT2D eigenvalue weighted by atomic mass is 79.9. The van der Waals surface area contributed by atoms with Crippen molar-refractivity contribution < 1.29 is 4.39 Å². The fourth-order valence-corrected chi connectivity index (χ4v) is 3.41. The van der Waals surface area contributed by atoms with E-state index in [1.807, 2.05) is 6.07 Å². The van der Waals surface area contributed by atoms with Crippen LogP contribution in [-0.4, -0.2) is 9.97 Å². The summed E-state index contributed by atoms with van der Waals surface area (Å²) in [5, 5.41) is 0. The van der Waals surface area contributed by atoms with Gasteiger partial charge in [0.1, 0.15) is 16.3 Å². The van der Waals surface area contributed by atoms with E-state index in [9.17, 15) is 4.39 Å². The summed E-state index contributed by atoms with van der Waals surface area (Å²) >= 11 is 8.72. The minimum Gasteiger partial charge on any atom is -0.343 e. The predicted molar refractivity (Wildman–Crippen MR) is 83.8 cm³/mol. The van der Waals surface area contributed by atoms with E-state index in [1.165, 1.54) is 18.6 Å². The van der Waals surface area contributed by atoms with Gasteiger partial charge in [-0.25, -0.2) is 9.37 Å². The molecule has 0 radical (unpaired) electrons. The molecule has 1 aromatic heterocycles. The second kappa shape index (κ2) is 5.74. The van der Waals surface area contributed by atoms with Crippen LogP contribution in [-0.2, 0) is 12.8 Å². The minimum absolute atomic E-state index is 0.287. The van der Waals surface area contributed by atoms with Crippen molar-refractivity contribution in [3.05, 3.63) is 44.4 Å². The first-order chi connectivity index (χ1) is 9.63. The second-order valence-electron chi connectivity index (χ2n) is 5.07. The highest BCUT2D eigenvalue weighted by Crippen LogP contribution is 2.25. The Morgan fingerprint density at radius 2 is 1.95 bits per heavy atom. The molecule has 0 atom stereocenters. The van der Waals surface area contributed by atoms with Crippen LogP contribution < -0.4 is 0 Å². The van der Waals surface area contributed by atoms with Gasteiger partial charge in [-0.3, -0.25) is 0 Å². The van der Waals surface area contributed by atoms with Crippen LogP contribution in [0.25, 0.3) is 11.4 Å². The minimum atomic E-state index is -0.287. The van der Waals surface area contributed by atoms with Crippen molar-refractivity contribution in [2.75, 3.05) is 0 Å². The molecule has 0 bridgehead atoms. The number of nitrogens with one attached hydrogen (secondary N) is 1. The number of aryl methyl sites for hydroxylation is 1. The number of benzene rings is 1. The first-order valence-corrected chi connectivity index (χ1v) is 7.92. The van der Waals surface area contributed by atoms with E-state index in [-0.39, 0.29) is 5.82 Å².